The Bertz CT molecular complexity index is 741. The van der Waals surface area contributed by atoms with E-state index in [4.69, 9.17) is 5.26 Å². The van der Waals surface area contributed by atoms with Crippen LogP contribution in [0.5, 0.6) is 0 Å². The number of rotatable bonds is 2. The quantitative estimate of drug-likeness (QED) is 0.865. The molecule has 2 rings (SSSR count). The van der Waals surface area contributed by atoms with E-state index in [1.54, 1.807) is 0 Å². The van der Waals surface area contributed by atoms with Crippen LogP contribution in [0.3, 0.4) is 0 Å². The van der Waals surface area contributed by atoms with Crippen molar-refractivity contribution in [2.24, 2.45) is 0 Å². The molecule has 2 aromatic rings. The predicted molar refractivity (Wildman–Crippen MR) is 62.5 cm³/mol. The highest BCUT2D eigenvalue weighted by atomic mass is 19.1. The average Bonchev–Trinajstić information content (AvgIpc) is 2.66. The van der Waals surface area contributed by atoms with Gasteiger partial charge in [-0.05, 0) is 13.0 Å². The molecule has 0 aliphatic heterocycles. The van der Waals surface area contributed by atoms with Gasteiger partial charge < -0.3 is 5.43 Å². The van der Waals surface area contributed by atoms with Crippen molar-refractivity contribution in [1.82, 2.24) is 14.5 Å². The molecule has 0 spiro atoms. The zero-order valence-corrected chi connectivity index (χ0v) is 10.1. The molecular weight excluding hydrogens is 256 g/mol. The summed E-state index contributed by atoms with van der Waals surface area (Å²) in [6.07, 6.45) is 0. The van der Waals surface area contributed by atoms with Crippen molar-refractivity contribution in [1.29, 1.82) is 5.26 Å². The van der Waals surface area contributed by atoms with Gasteiger partial charge in [0.2, 0.25) is 0 Å². The molecule has 6 nitrogen and oxygen atoms in total. The van der Waals surface area contributed by atoms with E-state index in [0.717, 1.165) is 21.5 Å². The Hall–Kier alpha value is -2.69. The third-order valence-electron chi connectivity index (χ3n) is 2.55. The second kappa shape index (κ2) is 4.53. The Kier molecular flexibility index (Phi) is 3.04. The van der Waals surface area contributed by atoms with E-state index in [2.05, 4.69) is 10.5 Å². The van der Waals surface area contributed by atoms with E-state index in [0.29, 0.717) is 0 Å². The summed E-state index contributed by atoms with van der Waals surface area (Å²) in [5, 5.41) is 12.4. The Labute approximate surface area is 106 Å². The summed E-state index contributed by atoms with van der Waals surface area (Å²) in [5.74, 6) is -1.53. The van der Waals surface area contributed by atoms with Crippen LogP contribution in [0.2, 0.25) is 0 Å². The molecule has 1 aromatic heterocycles. The second-order valence-corrected chi connectivity index (χ2v) is 3.70. The van der Waals surface area contributed by atoms with Crippen molar-refractivity contribution >= 4 is 0 Å². The minimum atomic E-state index is -0.914. The number of aromatic nitrogens is 3. The Morgan fingerprint density at radius 1 is 1.37 bits per heavy atom. The van der Waals surface area contributed by atoms with E-state index in [9.17, 15) is 13.6 Å². The van der Waals surface area contributed by atoms with E-state index < -0.39 is 22.9 Å². The van der Waals surface area contributed by atoms with Crippen LogP contribution in [-0.4, -0.2) is 21.5 Å². The molecule has 98 valence electrons. The molecule has 1 N–H and O–H groups in total. The number of aryl methyl sites for hydroxylation is 1. The third-order valence-corrected chi connectivity index (χ3v) is 2.55. The number of nitrogens with one attached hydrogen (secondary N) is 1. The molecule has 0 unspecified atom stereocenters. The Balaban J connectivity index is 2.71. The zero-order chi connectivity index (χ0) is 14.2. The van der Waals surface area contributed by atoms with Crippen molar-refractivity contribution in [3.05, 3.63) is 45.6 Å². The highest BCUT2D eigenvalue weighted by Crippen LogP contribution is 2.16. The van der Waals surface area contributed by atoms with Crippen LogP contribution in [-0.2, 0) is 0 Å². The Morgan fingerprint density at radius 3 is 2.58 bits per heavy atom. The van der Waals surface area contributed by atoms with Crippen molar-refractivity contribution in [2.45, 2.75) is 6.92 Å². The summed E-state index contributed by atoms with van der Waals surface area (Å²) >= 11 is 0. The lowest BCUT2D eigenvalue weighted by molar-refractivity contribution is 0.581. The lowest BCUT2D eigenvalue weighted by Crippen LogP contribution is -2.29. The van der Waals surface area contributed by atoms with Gasteiger partial charge in [-0.25, -0.2) is 13.6 Å². The molecule has 0 atom stereocenters. The molecule has 8 heteroatoms. The number of halogens is 2. The molecule has 0 saturated carbocycles. The fourth-order valence-corrected chi connectivity index (χ4v) is 1.66. The number of hydrogen-bond donors (Lipinski definition) is 1. The molecule has 1 heterocycles. The largest absolute Gasteiger partial charge is 0.369 e. The number of benzene rings is 1. The first-order valence-electron chi connectivity index (χ1n) is 5.25. The van der Waals surface area contributed by atoms with Crippen molar-refractivity contribution in [3.63, 3.8) is 0 Å². The second-order valence-electron chi connectivity index (χ2n) is 3.70. The van der Waals surface area contributed by atoms with Gasteiger partial charge in [-0.1, -0.05) is 0 Å². The standard InChI is InChI=1S/C11H9F2N5O/c1-6-16-18(11(19)17(6)15-2)10-4-8(12)7(5-14)3-9(10)13/h3-4,15H,1-2H3. The normalized spacial score (nSPS) is 10.3. The minimum absolute atomic E-state index is 0.289. The first kappa shape index (κ1) is 12.8. The fraction of sp³-hybridized carbons (Fsp3) is 0.182. The van der Waals surface area contributed by atoms with Crippen molar-refractivity contribution in [3.8, 4) is 11.8 Å². The maximum Gasteiger partial charge on any atom is 0.369 e. The van der Waals surface area contributed by atoms with Crippen LogP contribution in [0, 0.1) is 29.9 Å². The van der Waals surface area contributed by atoms with Crippen LogP contribution >= 0.6 is 0 Å². The monoisotopic (exact) mass is 265 g/mol. The van der Waals surface area contributed by atoms with E-state index >= 15 is 0 Å². The van der Waals surface area contributed by atoms with E-state index in [-0.39, 0.29) is 11.5 Å². The minimum Gasteiger partial charge on any atom is -0.323 e. The summed E-state index contributed by atoms with van der Waals surface area (Å²) in [6, 6.07) is 3.01. The van der Waals surface area contributed by atoms with Gasteiger partial charge in [0.15, 0.2) is 11.6 Å². The van der Waals surface area contributed by atoms with Gasteiger partial charge in [0.1, 0.15) is 17.6 Å². The molecule has 0 amide bonds. The van der Waals surface area contributed by atoms with Crippen molar-refractivity contribution in [2.75, 3.05) is 12.5 Å². The lowest BCUT2D eigenvalue weighted by atomic mass is 10.2. The van der Waals surface area contributed by atoms with Gasteiger partial charge in [-0.3, -0.25) is 0 Å². The SMILES string of the molecule is CNn1c(C)nn(-c2cc(F)c(C#N)cc2F)c1=O. The number of hydrogen-bond acceptors (Lipinski definition) is 4. The predicted octanol–water partition coefficient (Wildman–Crippen LogP) is 0.666. The van der Waals surface area contributed by atoms with Crippen LogP contribution in [0.25, 0.3) is 5.69 Å². The van der Waals surface area contributed by atoms with E-state index in [1.807, 2.05) is 0 Å². The summed E-state index contributed by atoms with van der Waals surface area (Å²) in [6.45, 7) is 1.53. The van der Waals surface area contributed by atoms with Gasteiger partial charge in [0.05, 0.1) is 5.56 Å². The molecule has 0 aliphatic carbocycles. The van der Waals surface area contributed by atoms with Crippen LogP contribution in [0.4, 0.5) is 8.78 Å². The lowest BCUT2D eigenvalue weighted by Gasteiger charge is -2.03. The highest BCUT2D eigenvalue weighted by Gasteiger charge is 2.17. The van der Waals surface area contributed by atoms with Crippen molar-refractivity contribution < 1.29 is 8.78 Å². The molecule has 0 fully saturated rings. The van der Waals surface area contributed by atoms with Gasteiger partial charge >= 0.3 is 5.69 Å². The number of nitriles is 1. The maximum absolute atomic E-state index is 13.8. The third kappa shape index (κ3) is 1.95. The highest BCUT2D eigenvalue weighted by molar-refractivity contribution is 5.41. The average molecular weight is 265 g/mol. The van der Waals surface area contributed by atoms with Crippen LogP contribution in [0.15, 0.2) is 16.9 Å². The maximum atomic E-state index is 13.8. The molecule has 19 heavy (non-hydrogen) atoms. The zero-order valence-electron chi connectivity index (χ0n) is 10.1. The molecule has 1 aromatic carbocycles. The Morgan fingerprint density at radius 2 is 2.05 bits per heavy atom. The molecule has 0 aliphatic rings. The smallest absolute Gasteiger partial charge is 0.323 e. The van der Waals surface area contributed by atoms with E-state index in [1.165, 1.54) is 20.0 Å². The first-order valence-corrected chi connectivity index (χ1v) is 5.25. The summed E-state index contributed by atoms with van der Waals surface area (Å²) in [5.41, 5.74) is 1.12. The topological polar surface area (TPSA) is 75.6 Å². The van der Waals surface area contributed by atoms with Crippen LogP contribution < -0.4 is 11.1 Å². The summed E-state index contributed by atoms with van der Waals surface area (Å²) in [7, 11) is 1.50. The van der Waals surface area contributed by atoms with Gasteiger partial charge in [-0.2, -0.15) is 14.6 Å². The molecule has 0 radical (unpaired) electrons. The molecule has 0 bridgehead atoms. The van der Waals surface area contributed by atoms with Crippen LogP contribution in [0.1, 0.15) is 11.4 Å². The fourth-order valence-electron chi connectivity index (χ4n) is 1.66. The summed E-state index contributed by atoms with van der Waals surface area (Å²) < 4.78 is 29.1. The molecule has 0 saturated heterocycles. The number of nitrogens with zero attached hydrogens (tertiary/aromatic N) is 4. The summed E-state index contributed by atoms with van der Waals surface area (Å²) in [4.78, 5) is 11.9. The van der Waals surface area contributed by atoms with Gasteiger partial charge in [0.25, 0.3) is 0 Å². The van der Waals surface area contributed by atoms with Gasteiger partial charge in [0, 0.05) is 13.1 Å². The van der Waals surface area contributed by atoms with Gasteiger partial charge in [-0.15, -0.1) is 5.10 Å². The molecular formula is C11H9F2N5O. The first-order chi connectivity index (χ1) is 8.99.